The van der Waals surface area contributed by atoms with Crippen LogP contribution in [0.2, 0.25) is 0 Å². The molecule has 0 spiro atoms. The van der Waals surface area contributed by atoms with Gasteiger partial charge < -0.3 is 11.1 Å². The molecule has 3 N–H and O–H groups in total. The van der Waals surface area contributed by atoms with Crippen LogP contribution in [0.25, 0.3) is 0 Å². The number of carbonyl (C=O) groups is 1. The van der Waals surface area contributed by atoms with E-state index in [0.29, 0.717) is 5.92 Å². The van der Waals surface area contributed by atoms with Gasteiger partial charge in [-0.2, -0.15) is 0 Å². The number of nitrogens with zero attached hydrogens (tertiary/aromatic N) is 2. The molecule has 88 valence electrons. The number of anilines is 1. The van der Waals surface area contributed by atoms with E-state index in [2.05, 4.69) is 27.2 Å². The maximum Gasteiger partial charge on any atom is 0.277 e. The zero-order chi connectivity index (χ0) is 11.5. The number of nitrogens with two attached hydrogens (primary N) is 1. The van der Waals surface area contributed by atoms with E-state index in [4.69, 9.17) is 5.73 Å². The number of hydrogen-bond acceptors (Lipinski definition) is 5. The first-order valence-corrected chi connectivity index (χ1v) is 5.55. The molecule has 1 aliphatic carbocycles. The quantitative estimate of drug-likeness (QED) is 0.780. The lowest BCUT2D eigenvalue weighted by Gasteiger charge is -2.27. The Morgan fingerprint density at radius 1 is 1.50 bits per heavy atom. The Hall–Kier alpha value is -1.59. The predicted molar refractivity (Wildman–Crippen MR) is 57.6 cm³/mol. The predicted octanol–water partition coefficient (Wildman–Crippen LogP) is 0.960. The standard InChI is InChI=1S/C10H16N4O2/c1-6-3-2-4-7(5-6)12-10(15)8-9(11)14-16-13-8/h6-7H,2-5H2,1H3,(H2,11,14)(H,12,15). The van der Waals surface area contributed by atoms with Crippen LogP contribution in [0.5, 0.6) is 0 Å². The maximum atomic E-state index is 11.7. The van der Waals surface area contributed by atoms with Crippen LogP contribution in [-0.4, -0.2) is 22.3 Å². The van der Waals surface area contributed by atoms with Crippen molar-refractivity contribution < 1.29 is 9.42 Å². The zero-order valence-corrected chi connectivity index (χ0v) is 9.27. The van der Waals surface area contributed by atoms with Crippen LogP contribution < -0.4 is 11.1 Å². The van der Waals surface area contributed by atoms with E-state index in [-0.39, 0.29) is 23.5 Å². The molecule has 0 bridgehead atoms. The summed E-state index contributed by atoms with van der Waals surface area (Å²) in [6.07, 6.45) is 4.41. The average molecular weight is 224 g/mol. The van der Waals surface area contributed by atoms with Crippen molar-refractivity contribution in [3.8, 4) is 0 Å². The summed E-state index contributed by atoms with van der Waals surface area (Å²) in [4.78, 5) is 11.7. The topological polar surface area (TPSA) is 94.0 Å². The van der Waals surface area contributed by atoms with Crippen molar-refractivity contribution in [1.29, 1.82) is 0 Å². The van der Waals surface area contributed by atoms with Crippen LogP contribution in [0.4, 0.5) is 5.82 Å². The zero-order valence-electron chi connectivity index (χ0n) is 9.27. The summed E-state index contributed by atoms with van der Waals surface area (Å²) in [6.45, 7) is 2.20. The van der Waals surface area contributed by atoms with E-state index < -0.39 is 0 Å². The van der Waals surface area contributed by atoms with Crippen LogP contribution in [0, 0.1) is 5.92 Å². The normalized spacial score (nSPS) is 25.3. The fraction of sp³-hybridized carbons (Fsp3) is 0.700. The van der Waals surface area contributed by atoms with E-state index in [1.54, 1.807) is 0 Å². The molecule has 2 rings (SSSR count). The van der Waals surface area contributed by atoms with Gasteiger partial charge in [0.15, 0.2) is 0 Å². The third-order valence-electron chi connectivity index (χ3n) is 3.00. The van der Waals surface area contributed by atoms with Crippen molar-refractivity contribution in [2.45, 2.75) is 38.6 Å². The molecule has 6 heteroatoms. The van der Waals surface area contributed by atoms with Crippen molar-refractivity contribution in [1.82, 2.24) is 15.6 Å². The number of nitrogen functional groups attached to an aromatic ring is 1. The van der Waals surface area contributed by atoms with Crippen LogP contribution in [0.3, 0.4) is 0 Å². The molecule has 0 aliphatic heterocycles. The molecule has 0 aromatic carbocycles. The van der Waals surface area contributed by atoms with E-state index in [1.807, 2.05) is 0 Å². The summed E-state index contributed by atoms with van der Waals surface area (Å²) in [5, 5.41) is 9.76. The smallest absolute Gasteiger partial charge is 0.277 e. The third-order valence-corrected chi connectivity index (χ3v) is 3.00. The Balaban J connectivity index is 1.95. The second-order valence-electron chi connectivity index (χ2n) is 4.44. The summed E-state index contributed by atoms with van der Waals surface area (Å²) < 4.78 is 4.39. The Kier molecular flexibility index (Phi) is 3.07. The molecule has 2 atom stereocenters. The maximum absolute atomic E-state index is 11.7. The molecule has 0 radical (unpaired) electrons. The Morgan fingerprint density at radius 3 is 2.94 bits per heavy atom. The molecule has 0 saturated heterocycles. The van der Waals surface area contributed by atoms with Crippen molar-refractivity contribution in [3.63, 3.8) is 0 Å². The van der Waals surface area contributed by atoms with Crippen molar-refractivity contribution in [2.24, 2.45) is 5.92 Å². The first kappa shape index (κ1) is 10.9. The van der Waals surface area contributed by atoms with Gasteiger partial charge in [0, 0.05) is 6.04 Å². The lowest BCUT2D eigenvalue weighted by Crippen LogP contribution is -2.38. The van der Waals surface area contributed by atoms with Gasteiger partial charge in [0.2, 0.25) is 11.5 Å². The molecule has 1 heterocycles. The minimum Gasteiger partial charge on any atom is -0.379 e. The van der Waals surface area contributed by atoms with Gasteiger partial charge >= 0.3 is 0 Å². The number of hydrogen-bond donors (Lipinski definition) is 2. The molecule has 2 unspecified atom stereocenters. The highest BCUT2D eigenvalue weighted by Crippen LogP contribution is 2.23. The Morgan fingerprint density at radius 2 is 2.31 bits per heavy atom. The minimum absolute atomic E-state index is 0.0429. The van der Waals surface area contributed by atoms with Crippen LogP contribution in [-0.2, 0) is 0 Å². The number of rotatable bonds is 2. The highest BCUT2D eigenvalue weighted by atomic mass is 16.6. The fourth-order valence-corrected chi connectivity index (χ4v) is 2.17. The lowest BCUT2D eigenvalue weighted by atomic mass is 9.87. The van der Waals surface area contributed by atoms with Gasteiger partial charge in [-0.25, -0.2) is 4.63 Å². The first-order valence-electron chi connectivity index (χ1n) is 5.55. The summed E-state index contributed by atoms with van der Waals surface area (Å²) in [7, 11) is 0. The highest BCUT2D eigenvalue weighted by Gasteiger charge is 2.23. The summed E-state index contributed by atoms with van der Waals surface area (Å²) in [6, 6.07) is 0.215. The summed E-state index contributed by atoms with van der Waals surface area (Å²) in [5.41, 5.74) is 5.53. The van der Waals surface area contributed by atoms with Gasteiger partial charge in [-0.15, -0.1) is 0 Å². The van der Waals surface area contributed by atoms with Gasteiger partial charge in [-0.05, 0) is 29.1 Å². The highest BCUT2D eigenvalue weighted by molar-refractivity contribution is 5.96. The molecule has 6 nitrogen and oxygen atoms in total. The number of carbonyl (C=O) groups excluding carboxylic acids is 1. The van der Waals surface area contributed by atoms with E-state index in [9.17, 15) is 4.79 Å². The van der Waals surface area contributed by atoms with Gasteiger partial charge in [-0.1, -0.05) is 19.8 Å². The molecule has 1 saturated carbocycles. The average Bonchev–Trinajstić information content (AvgIpc) is 2.64. The molecule has 16 heavy (non-hydrogen) atoms. The van der Waals surface area contributed by atoms with E-state index in [1.165, 1.54) is 6.42 Å². The Bertz CT molecular complexity index is 377. The number of amides is 1. The number of nitrogens with one attached hydrogen (secondary N) is 1. The molecule has 1 aromatic rings. The van der Waals surface area contributed by atoms with Crippen molar-refractivity contribution >= 4 is 11.7 Å². The molecular formula is C10H16N4O2. The Labute approximate surface area is 93.5 Å². The van der Waals surface area contributed by atoms with Crippen molar-refractivity contribution in [3.05, 3.63) is 5.69 Å². The molecule has 1 aromatic heterocycles. The summed E-state index contributed by atoms with van der Waals surface area (Å²) >= 11 is 0. The monoisotopic (exact) mass is 224 g/mol. The minimum atomic E-state index is -0.294. The third kappa shape index (κ3) is 2.32. The second kappa shape index (κ2) is 4.51. The van der Waals surface area contributed by atoms with Gasteiger partial charge in [0.1, 0.15) is 0 Å². The van der Waals surface area contributed by atoms with Gasteiger partial charge in [0.25, 0.3) is 5.91 Å². The van der Waals surface area contributed by atoms with Crippen LogP contribution in [0.15, 0.2) is 4.63 Å². The molecule has 1 fully saturated rings. The molecule has 1 amide bonds. The van der Waals surface area contributed by atoms with E-state index >= 15 is 0 Å². The largest absolute Gasteiger partial charge is 0.379 e. The van der Waals surface area contributed by atoms with Crippen LogP contribution in [0.1, 0.15) is 43.1 Å². The molecular weight excluding hydrogens is 208 g/mol. The fourth-order valence-electron chi connectivity index (χ4n) is 2.17. The van der Waals surface area contributed by atoms with E-state index in [0.717, 1.165) is 19.3 Å². The van der Waals surface area contributed by atoms with Gasteiger partial charge in [-0.3, -0.25) is 4.79 Å². The molecule has 1 aliphatic rings. The SMILES string of the molecule is CC1CCCC(NC(=O)c2nonc2N)C1. The van der Waals surface area contributed by atoms with Crippen molar-refractivity contribution in [2.75, 3.05) is 5.73 Å². The van der Waals surface area contributed by atoms with Gasteiger partial charge in [0.05, 0.1) is 0 Å². The number of aromatic nitrogens is 2. The first-order chi connectivity index (χ1) is 7.66. The lowest BCUT2D eigenvalue weighted by molar-refractivity contribution is 0.0912. The summed E-state index contributed by atoms with van der Waals surface area (Å²) in [5.74, 6) is 0.408. The van der Waals surface area contributed by atoms with Crippen LogP contribution >= 0.6 is 0 Å². The second-order valence-corrected chi connectivity index (χ2v) is 4.44.